The summed E-state index contributed by atoms with van der Waals surface area (Å²) in [6.07, 6.45) is 6.87. The summed E-state index contributed by atoms with van der Waals surface area (Å²) in [6, 6.07) is 9.79. The van der Waals surface area contributed by atoms with Crippen LogP contribution >= 0.6 is 11.6 Å². The summed E-state index contributed by atoms with van der Waals surface area (Å²) < 4.78 is 0. The Morgan fingerprint density at radius 2 is 1.74 bits per heavy atom. The van der Waals surface area contributed by atoms with Gasteiger partial charge in [-0.05, 0) is 36.6 Å². The fourth-order valence-electron chi connectivity index (χ4n) is 2.90. The van der Waals surface area contributed by atoms with E-state index in [2.05, 4.69) is 4.98 Å². The van der Waals surface area contributed by atoms with Crippen LogP contribution in [0.2, 0.25) is 5.02 Å². The molecule has 0 spiro atoms. The Kier molecular flexibility index (Phi) is 3.43. The maximum absolute atomic E-state index is 6.34. The monoisotopic (exact) mass is 272 g/mol. The zero-order chi connectivity index (χ0) is 13.2. The van der Waals surface area contributed by atoms with Crippen molar-refractivity contribution in [2.24, 2.45) is 0 Å². The molecule has 1 heterocycles. The number of nitrogens with two attached hydrogens (primary N) is 1. The van der Waals surface area contributed by atoms with Gasteiger partial charge < -0.3 is 5.73 Å². The number of halogens is 1. The molecule has 1 aromatic heterocycles. The number of hydrogen-bond donors (Lipinski definition) is 1. The number of hydrogen-bond acceptors (Lipinski definition) is 2. The minimum atomic E-state index is 0.534. The van der Waals surface area contributed by atoms with E-state index in [-0.39, 0.29) is 0 Å². The molecule has 0 saturated heterocycles. The van der Waals surface area contributed by atoms with Crippen LogP contribution in [0.25, 0.3) is 11.1 Å². The molecule has 98 valence electrons. The summed E-state index contributed by atoms with van der Waals surface area (Å²) in [6.45, 7) is 0. The first-order valence-corrected chi connectivity index (χ1v) is 7.14. The van der Waals surface area contributed by atoms with E-state index in [0.717, 1.165) is 27.5 Å². The summed E-state index contributed by atoms with van der Waals surface area (Å²) in [5.41, 5.74) is 10.4. The summed E-state index contributed by atoms with van der Waals surface area (Å²) in [5, 5.41) is 0.743. The average Bonchev–Trinajstić information content (AvgIpc) is 2.94. The van der Waals surface area contributed by atoms with E-state index < -0.39 is 0 Å². The van der Waals surface area contributed by atoms with Gasteiger partial charge in [-0.3, -0.25) is 4.98 Å². The molecule has 0 unspecified atom stereocenters. The molecule has 0 atom stereocenters. The number of nitrogen functional groups attached to an aromatic ring is 1. The lowest BCUT2D eigenvalue weighted by Crippen LogP contribution is -2.04. The van der Waals surface area contributed by atoms with Gasteiger partial charge in [-0.25, -0.2) is 0 Å². The summed E-state index contributed by atoms with van der Waals surface area (Å²) >= 11 is 5.93. The molecule has 0 radical (unpaired) electrons. The van der Waals surface area contributed by atoms with Gasteiger partial charge >= 0.3 is 0 Å². The zero-order valence-electron chi connectivity index (χ0n) is 10.8. The molecule has 1 saturated carbocycles. The first-order valence-electron chi connectivity index (χ1n) is 6.76. The van der Waals surface area contributed by atoms with Gasteiger partial charge in [0.15, 0.2) is 0 Å². The fourth-order valence-corrected chi connectivity index (χ4v) is 3.02. The molecule has 2 nitrogen and oxygen atoms in total. The zero-order valence-corrected chi connectivity index (χ0v) is 11.5. The third-order valence-corrected chi connectivity index (χ3v) is 4.17. The van der Waals surface area contributed by atoms with Gasteiger partial charge in [0.1, 0.15) is 0 Å². The van der Waals surface area contributed by atoms with Gasteiger partial charge in [0.05, 0.1) is 11.4 Å². The molecule has 1 aliphatic rings. The summed E-state index contributed by atoms with van der Waals surface area (Å²) in [4.78, 5) is 4.51. The quantitative estimate of drug-likeness (QED) is 0.865. The fraction of sp³-hybridized carbons (Fsp3) is 0.312. The second kappa shape index (κ2) is 5.22. The van der Waals surface area contributed by atoms with Crippen LogP contribution in [0.3, 0.4) is 0 Å². The van der Waals surface area contributed by atoms with E-state index in [0.29, 0.717) is 5.92 Å². The largest absolute Gasteiger partial charge is 0.397 e. The van der Waals surface area contributed by atoms with Crippen LogP contribution in [-0.4, -0.2) is 4.98 Å². The average molecular weight is 273 g/mol. The van der Waals surface area contributed by atoms with E-state index in [4.69, 9.17) is 17.3 Å². The first kappa shape index (κ1) is 12.5. The van der Waals surface area contributed by atoms with Gasteiger partial charge in [0, 0.05) is 22.7 Å². The molecule has 1 fully saturated rings. The third-order valence-electron chi connectivity index (χ3n) is 3.92. The maximum Gasteiger partial charge on any atom is 0.0669 e. The lowest BCUT2D eigenvalue weighted by atomic mass is 9.96. The Morgan fingerprint density at radius 3 is 2.42 bits per heavy atom. The topological polar surface area (TPSA) is 38.9 Å². The number of rotatable bonds is 2. The normalized spacial score (nSPS) is 15.8. The van der Waals surface area contributed by atoms with Crippen LogP contribution in [0.15, 0.2) is 36.5 Å². The smallest absolute Gasteiger partial charge is 0.0669 e. The lowest BCUT2D eigenvalue weighted by Gasteiger charge is -2.14. The molecule has 19 heavy (non-hydrogen) atoms. The number of benzene rings is 1. The van der Waals surface area contributed by atoms with E-state index in [9.17, 15) is 0 Å². The van der Waals surface area contributed by atoms with Crippen LogP contribution in [0, 0.1) is 0 Å². The molecule has 3 heteroatoms. The highest BCUT2D eigenvalue weighted by Crippen LogP contribution is 2.38. The minimum Gasteiger partial charge on any atom is -0.397 e. The molecule has 2 aromatic rings. The van der Waals surface area contributed by atoms with Gasteiger partial charge in [-0.15, -0.1) is 0 Å². The molecule has 0 bridgehead atoms. The standard InChI is InChI=1S/C16H17ClN2/c17-13-7-5-11(6-8-13)14-9-10-19-16(15(14)18)12-3-1-2-4-12/h5-10,12H,1-4,18H2. The highest BCUT2D eigenvalue weighted by Gasteiger charge is 2.21. The van der Waals surface area contributed by atoms with Gasteiger partial charge in [0.25, 0.3) is 0 Å². The molecule has 3 rings (SSSR count). The van der Waals surface area contributed by atoms with Crippen LogP contribution in [0.5, 0.6) is 0 Å². The van der Waals surface area contributed by atoms with Crippen molar-refractivity contribution >= 4 is 17.3 Å². The van der Waals surface area contributed by atoms with Crippen LogP contribution < -0.4 is 5.73 Å². The van der Waals surface area contributed by atoms with Crippen molar-refractivity contribution < 1.29 is 0 Å². The van der Waals surface area contributed by atoms with Crippen molar-refractivity contribution in [3.8, 4) is 11.1 Å². The highest BCUT2D eigenvalue weighted by molar-refractivity contribution is 6.30. The van der Waals surface area contributed by atoms with Crippen molar-refractivity contribution in [3.63, 3.8) is 0 Å². The molecule has 1 aromatic carbocycles. The molecule has 2 N–H and O–H groups in total. The Balaban J connectivity index is 2.02. The number of anilines is 1. The van der Waals surface area contributed by atoms with E-state index >= 15 is 0 Å². The van der Waals surface area contributed by atoms with E-state index in [1.807, 2.05) is 36.5 Å². The lowest BCUT2D eigenvalue weighted by molar-refractivity contribution is 0.700. The van der Waals surface area contributed by atoms with Crippen LogP contribution in [0.1, 0.15) is 37.3 Å². The number of aromatic nitrogens is 1. The molecular weight excluding hydrogens is 256 g/mol. The van der Waals surface area contributed by atoms with E-state index in [1.54, 1.807) is 0 Å². The van der Waals surface area contributed by atoms with Crippen molar-refractivity contribution in [2.45, 2.75) is 31.6 Å². The third kappa shape index (κ3) is 2.45. The SMILES string of the molecule is Nc1c(-c2ccc(Cl)cc2)ccnc1C1CCCC1. The van der Waals surface area contributed by atoms with Gasteiger partial charge in [0.2, 0.25) is 0 Å². The second-order valence-corrected chi connectivity index (χ2v) is 5.58. The first-order chi connectivity index (χ1) is 9.25. The van der Waals surface area contributed by atoms with Crippen molar-refractivity contribution in [1.29, 1.82) is 0 Å². The van der Waals surface area contributed by atoms with E-state index in [1.165, 1.54) is 25.7 Å². The Hall–Kier alpha value is -1.54. The van der Waals surface area contributed by atoms with Gasteiger partial charge in [-0.2, -0.15) is 0 Å². The Bertz CT molecular complexity index is 572. The van der Waals surface area contributed by atoms with Gasteiger partial charge in [-0.1, -0.05) is 36.6 Å². The van der Waals surface area contributed by atoms with Crippen LogP contribution in [-0.2, 0) is 0 Å². The molecular formula is C16H17ClN2. The Labute approximate surface area is 118 Å². The Morgan fingerprint density at radius 1 is 1.05 bits per heavy atom. The molecule has 1 aliphatic carbocycles. The van der Waals surface area contributed by atoms with Crippen molar-refractivity contribution in [1.82, 2.24) is 4.98 Å². The molecule has 0 aliphatic heterocycles. The molecule has 0 amide bonds. The van der Waals surface area contributed by atoms with Crippen LogP contribution in [0.4, 0.5) is 5.69 Å². The summed E-state index contributed by atoms with van der Waals surface area (Å²) in [7, 11) is 0. The summed E-state index contributed by atoms with van der Waals surface area (Å²) in [5.74, 6) is 0.534. The minimum absolute atomic E-state index is 0.534. The predicted molar refractivity (Wildman–Crippen MR) is 80.3 cm³/mol. The predicted octanol–water partition coefficient (Wildman–Crippen LogP) is 4.64. The number of nitrogens with zero attached hydrogens (tertiary/aromatic N) is 1. The second-order valence-electron chi connectivity index (χ2n) is 5.15. The highest BCUT2D eigenvalue weighted by atomic mass is 35.5. The van der Waals surface area contributed by atoms with Crippen molar-refractivity contribution in [2.75, 3.05) is 5.73 Å². The van der Waals surface area contributed by atoms with Crippen molar-refractivity contribution in [3.05, 3.63) is 47.2 Å². The maximum atomic E-state index is 6.34. The number of pyridine rings is 1.